The van der Waals surface area contributed by atoms with E-state index in [1.165, 1.54) is 7.11 Å². The first-order valence-corrected chi connectivity index (χ1v) is 3.15. The fraction of sp³-hybridized carbons (Fsp3) is 0.833. The van der Waals surface area contributed by atoms with Crippen LogP contribution >= 0.6 is 0 Å². The smallest absolute Gasteiger partial charge is 0.405 e. The molecule has 0 bridgehead atoms. The molecule has 0 spiro atoms. The Kier molecular flexibility index (Phi) is 3.84. The molecule has 0 aliphatic heterocycles. The maximum Gasteiger partial charge on any atom is 0.405 e. The molecular formula is C6H13NO4. The zero-order valence-corrected chi connectivity index (χ0v) is 6.63. The lowest BCUT2D eigenvalue weighted by Crippen LogP contribution is -2.51. The molecule has 5 heteroatoms. The van der Waals surface area contributed by atoms with Gasteiger partial charge in [-0.25, -0.2) is 4.79 Å². The molecule has 11 heavy (non-hydrogen) atoms. The number of nitrogens with one attached hydrogen (secondary N) is 1. The SMILES string of the molecule is COCC(C)(CO)NC(=O)O. The predicted molar refractivity (Wildman–Crippen MR) is 38.5 cm³/mol. The molecule has 66 valence electrons. The van der Waals surface area contributed by atoms with Crippen molar-refractivity contribution in [2.75, 3.05) is 20.3 Å². The molecule has 0 rings (SSSR count). The van der Waals surface area contributed by atoms with Gasteiger partial charge in [0, 0.05) is 7.11 Å². The normalized spacial score (nSPS) is 15.5. The Bertz CT molecular complexity index is 139. The van der Waals surface area contributed by atoms with E-state index in [0.717, 1.165) is 0 Å². The summed E-state index contributed by atoms with van der Waals surface area (Å²) in [5, 5.41) is 19.2. The quantitative estimate of drug-likeness (QED) is 0.529. The molecule has 0 aromatic heterocycles. The highest BCUT2D eigenvalue weighted by molar-refractivity contribution is 5.65. The number of methoxy groups -OCH3 is 1. The van der Waals surface area contributed by atoms with Crippen molar-refractivity contribution in [3.8, 4) is 0 Å². The van der Waals surface area contributed by atoms with Crippen molar-refractivity contribution in [2.45, 2.75) is 12.5 Å². The zero-order chi connectivity index (χ0) is 8.91. The van der Waals surface area contributed by atoms with Gasteiger partial charge in [0.1, 0.15) is 0 Å². The van der Waals surface area contributed by atoms with Crippen LogP contribution in [0.5, 0.6) is 0 Å². The zero-order valence-electron chi connectivity index (χ0n) is 6.63. The van der Waals surface area contributed by atoms with Crippen molar-refractivity contribution in [2.24, 2.45) is 0 Å². The Balaban J connectivity index is 3.98. The molecule has 0 saturated heterocycles. The van der Waals surface area contributed by atoms with Gasteiger partial charge in [0.2, 0.25) is 0 Å². The Hall–Kier alpha value is -0.810. The highest BCUT2D eigenvalue weighted by Crippen LogP contribution is 2.01. The van der Waals surface area contributed by atoms with Crippen molar-refractivity contribution >= 4 is 6.09 Å². The highest BCUT2D eigenvalue weighted by Gasteiger charge is 2.24. The number of carbonyl (C=O) groups is 1. The summed E-state index contributed by atoms with van der Waals surface area (Å²) in [6, 6.07) is 0. The minimum Gasteiger partial charge on any atom is -0.465 e. The molecule has 0 aromatic rings. The van der Waals surface area contributed by atoms with Crippen LogP contribution < -0.4 is 5.32 Å². The van der Waals surface area contributed by atoms with Gasteiger partial charge in [-0.1, -0.05) is 0 Å². The maximum atomic E-state index is 10.2. The van der Waals surface area contributed by atoms with Crippen LogP contribution in [0.15, 0.2) is 0 Å². The lowest BCUT2D eigenvalue weighted by molar-refractivity contribution is 0.0715. The first kappa shape index (κ1) is 10.2. The molecule has 5 nitrogen and oxygen atoms in total. The first-order chi connectivity index (χ1) is 5.04. The van der Waals surface area contributed by atoms with E-state index in [1.54, 1.807) is 6.92 Å². The molecular weight excluding hydrogens is 150 g/mol. The molecule has 3 N–H and O–H groups in total. The third-order valence-electron chi connectivity index (χ3n) is 1.22. The number of rotatable bonds is 4. The van der Waals surface area contributed by atoms with Crippen molar-refractivity contribution < 1.29 is 19.7 Å². The molecule has 0 saturated carbocycles. The molecule has 0 radical (unpaired) electrons. The van der Waals surface area contributed by atoms with Gasteiger partial charge in [0.15, 0.2) is 0 Å². The van der Waals surface area contributed by atoms with Crippen LogP contribution in [0, 0.1) is 0 Å². The van der Waals surface area contributed by atoms with Gasteiger partial charge in [-0.2, -0.15) is 0 Å². The van der Waals surface area contributed by atoms with E-state index < -0.39 is 11.6 Å². The van der Waals surface area contributed by atoms with Crippen LogP contribution in [-0.4, -0.2) is 42.2 Å². The maximum absolute atomic E-state index is 10.2. The molecule has 1 unspecified atom stereocenters. The number of amides is 1. The Morgan fingerprint density at radius 3 is 2.55 bits per heavy atom. The van der Waals surface area contributed by atoms with E-state index >= 15 is 0 Å². The summed E-state index contributed by atoms with van der Waals surface area (Å²) in [7, 11) is 1.44. The summed E-state index contributed by atoms with van der Waals surface area (Å²) in [6.45, 7) is 1.42. The molecule has 0 fully saturated rings. The highest BCUT2D eigenvalue weighted by atomic mass is 16.5. The number of hydrogen-bond acceptors (Lipinski definition) is 3. The summed E-state index contributed by atoms with van der Waals surface area (Å²) < 4.78 is 4.71. The van der Waals surface area contributed by atoms with Crippen molar-refractivity contribution in [3.63, 3.8) is 0 Å². The second kappa shape index (κ2) is 4.15. The van der Waals surface area contributed by atoms with E-state index in [1.807, 2.05) is 0 Å². The van der Waals surface area contributed by atoms with Gasteiger partial charge in [0.05, 0.1) is 18.8 Å². The fourth-order valence-corrected chi connectivity index (χ4v) is 0.698. The second-order valence-electron chi connectivity index (χ2n) is 2.58. The number of aliphatic hydroxyl groups is 1. The minimum absolute atomic E-state index is 0.149. The van der Waals surface area contributed by atoms with Crippen molar-refractivity contribution in [1.29, 1.82) is 0 Å². The first-order valence-electron chi connectivity index (χ1n) is 3.15. The summed E-state index contributed by atoms with van der Waals surface area (Å²) in [5.41, 5.74) is -0.902. The van der Waals surface area contributed by atoms with Gasteiger partial charge in [-0.05, 0) is 6.92 Å². The number of carboxylic acid groups (broad SMARTS) is 1. The Labute approximate surface area is 65.0 Å². The fourth-order valence-electron chi connectivity index (χ4n) is 0.698. The third-order valence-corrected chi connectivity index (χ3v) is 1.22. The van der Waals surface area contributed by atoms with E-state index in [2.05, 4.69) is 5.32 Å². The van der Waals surface area contributed by atoms with E-state index in [4.69, 9.17) is 14.9 Å². The summed E-state index contributed by atoms with van der Waals surface area (Å²) in [6.07, 6.45) is -1.17. The Morgan fingerprint density at radius 1 is 1.73 bits per heavy atom. The topological polar surface area (TPSA) is 78.8 Å². The molecule has 0 aliphatic rings. The Morgan fingerprint density at radius 2 is 2.27 bits per heavy atom. The van der Waals surface area contributed by atoms with Crippen LogP contribution in [0.3, 0.4) is 0 Å². The molecule has 0 aromatic carbocycles. The third kappa shape index (κ3) is 3.79. The number of aliphatic hydroxyl groups excluding tert-OH is 1. The lowest BCUT2D eigenvalue weighted by atomic mass is 10.1. The van der Waals surface area contributed by atoms with Crippen LogP contribution in [-0.2, 0) is 4.74 Å². The molecule has 1 amide bonds. The van der Waals surface area contributed by atoms with E-state index in [9.17, 15) is 4.79 Å². The lowest BCUT2D eigenvalue weighted by Gasteiger charge is -2.25. The molecule has 0 aliphatic carbocycles. The molecule has 1 atom stereocenters. The van der Waals surface area contributed by atoms with Crippen molar-refractivity contribution in [1.82, 2.24) is 5.32 Å². The van der Waals surface area contributed by atoms with Crippen LogP contribution in [0.25, 0.3) is 0 Å². The summed E-state index contributed by atoms with van der Waals surface area (Å²) >= 11 is 0. The minimum atomic E-state index is -1.17. The summed E-state index contributed by atoms with van der Waals surface area (Å²) in [4.78, 5) is 10.2. The number of hydrogen-bond donors (Lipinski definition) is 3. The van der Waals surface area contributed by atoms with Gasteiger partial charge in [0.25, 0.3) is 0 Å². The van der Waals surface area contributed by atoms with Gasteiger partial charge in [-0.15, -0.1) is 0 Å². The largest absolute Gasteiger partial charge is 0.465 e. The van der Waals surface area contributed by atoms with Gasteiger partial charge >= 0.3 is 6.09 Å². The standard InChI is InChI=1S/C6H13NO4/c1-6(3-8,4-11-2)7-5(9)10/h7-8H,3-4H2,1-2H3,(H,9,10). The second-order valence-corrected chi connectivity index (χ2v) is 2.58. The predicted octanol–water partition coefficient (Wildman–Crippen LogP) is -0.349. The van der Waals surface area contributed by atoms with E-state index in [0.29, 0.717) is 0 Å². The van der Waals surface area contributed by atoms with Crippen LogP contribution in [0.1, 0.15) is 6.92 Å². The van der Waals surface area contributed by atoms with Crippen LogP contribution in [0.2, 0.25) is 0 Å². The van der Waals surface area contributed by atoms with Crippen LogP contribution in [0.4, 0.5) is 4.79 Å². The van der Waals surface area contributed by atoms with Gasteiger partial charge < -0.3 is 20.3 Å². The van der Waals surface area contributed by atoms with Gasteiger partial charge in [-0.3, -0.25) is 0 Å². The average molecular weight is 163 g/mol. The number of ether oxygens (including phenoxy) is 1. The average Bonchev–Trinajstić information content (AvgIpc) is 1.87. The monoisotopic (exact) mass is 163 g/mol. The van der Waals surface area contributed by atoms with Crippen molar-refractivity contribution in [3.05, 3.63) is 0 Å². The van der Waals surface area contributed by atoms with E-state index in [-0.39, 0.29) is 13.2 Å². The molecule has 0 heterocycles. The summed E-state index contributed by atoms with van der Waals surface area (Å²) in [5.74, 6) is 0.